The summed E-state index contributed by atoms with van der Waals surface area (Å²) < 4.78 is 11.6. The van der Waals surface area contributed by atoms with Crippen molar-refractivity contribution in [2.45, 2.75) is 52.2 Å². The molecule has 2 amide bonds. The number of benzene rings is 2. The third kappa shape index (κ3) is 9.76. The highest BCUT2D eigenvalue weighted by Gasteiger charge is 2.28. The van der Waals surface area contributed by atoms with Crippen molar-refractivity contribution in [3.8, 4) is 11.1 Å². The second kappa shape index (κ2) is 17.2. The zero-order valence-electron chi connectivity index (χ0n) is 27.8. The van der Waals surface area contributed by atoms with Crippen molar-refractivity contribution >= 4 is 23.5 Å². The van der Waals surface area contributed by atoms with E-state index in [9.17, 15) is 14.4 Å². The number of ketones is 1. The van der Waals surface area contributed by atoms with E-state index in [1.165, 1.54) is 0 Å². The predicted molar refractivity (Wildman–Crippen MR) is 183 cm³/mol. The summed E-state index contributed by atoms with van der Waals surface area (Å²) in [6.45, 7) is 11.3. The fraction of sp³-hybridized carbons (Fsp3) is 0.486. The summed E-state index contributed by atoms with van der Waals surface area (Å²) in [5.74, 6) is 1.47. The van der Waals surface area contributed by atoms with Gasteiger partial charge < -0.3 is 24.3 Å². The van der Waals surface area contributed by atoms with Crippen LogP contribution in [0.1, 0.15) is 55.8 Å². The first kappa shape index (κ1) is 34.3. The van der Waals surface area contributed by atoms with Crippen LogP contribution in [-0.4, -0.2) is 97.5 Å². The molecule has 252 valence electrons. The number of likely N-dealkylation sites (tertiary alicyclic amines) is 2. The molecule has 0 aliphatic carbocycles. The molecule has 0 unspecified atom stereocenters. The predicted octanol–water partition coefficient (Wildman–Crippen LogP) is 5.51. The zero-order chi connectivity index (χ0) is 33.0. The lowest BCUT2D eigenvalue weighted by molar-refractivity contribution is -0.136. The van der Waals surface area contributed by atoms with Crippen LogP contribution in [0.25, 0.3) is 11.1 Å². The van der Waals surface area contributed by atoms with Gasteiger partial charge in [0.15, 0.2) is 5.76 Å². The van der Waals surface area contributed by atoms with E-state index in [1.54, 1.807) is 6.07 Å². The van der Waals surface area contributed by atoms with Crippen molar-refractivity contribution < 1.29 is 23.5 Å². The standard InChI is InChI=1S/C37H49N5O5/c1-3-42(4-2)36(44)29-16-21-41(22-17-29)27-31-14-15-35(46-31)34(43)26-38-20-25-40-23-18-30(19-24-40)47-37(45)39-33-13-9-8-12-32(33)28-10-6-5-7-11-28/h5-15,29-30,38H,3-4,16-27H2,1-2H3,(H,39,45). The molecule has 47 heavy (non-hydrogen) atoms. The van der Waals surface area contributed by atoms with E-state index in [0.717, 1.165) is 94.1 Å². The number of piperidine rings is 2. The van der Waals surface area contributed by atoms with Gasteiger partial charge in [0.2, 0.25) is 11.7 Å². The first-order chi connectivity index (χ1) is 22.9. The Bertz CT molecular complexity index is 1440. The van der Waals surface area contributed by atoms with Gasteiger partial charge in [-0.2, -0.15) is 0 Å². The molecule has 0 atom stereocenters. The Morgan fingerprint density at radius 2 is 1.53 bits per heavy atom. The average Bonchev–Trinajstić information content (AvgIpc) is 3.57. The Morgan fingerprint density at radius 3 is 2.26 bits per heavy atom. The second-order valence-electron chi connectivity index (χ2n) is 12.4. The quantitative estimate of drug-likeness (QED) is 0.175. The highest BCUT2D eigenvalue weighted by Crippen LogP contribution is 2.28. The van der Waals surface area contributed by atoms with E-state index in [-0.39, 0.29) is 30.3 Å². The minimum Gasteiger partial charge on any atom is -0.457 e. The first-order valence-electron chi connectivity index (χ1n) is 17.1. The summed E-state index contributed by atoms with van der Waals surface area (Å²) >= 11 is 0. The van der Waals surface area contributed by atoms with Crippen molar-refractivity contribution in [1.82, 2.24) is 20.0 Å². The van der Waals surface area contributed by atoms with Crippen molar-refractivity contribution in [3.63, 3.8) is 0 Å². The van der Waals surface area contributed by atoms with Crippen LogP contribution in [0.5, 0.6) is 0 Å². The highest BCUT2D eigenvalue weighted by atomic mass is 16.6. The number of ether oxygens (including phenoxy) is 1. The van der Waals surface area contributed by atoms with Gasteiger partial charge in [0.1, 0.15) is 11.9 Å². The van der Waals surface area contributed by atoms with Gasteiger partial charge in [-0.15, -0.1) is 0 Å². The molecule has 0 spiro atoms. The summed E-state index contributed by atoms with van der Waals surface area (Å²) in [5.41, 5.74) is 2.72. The molecular formula is C37H49N5O5. The van der Waals surface area contributed by atoms with E-state index in [4.69, 9.17) is 9.15 Å². The molecule has 2 aliphatic heterocycles. The van der Waals surface area contributed by atoms with Crippen molar-refractivity contribution in [2.75, 3.05) is 64.2 Å². The van der Waals surface area contributed by atoms with E-state index in [2.05, 4.69) is 20.4 Å². The van der Waals surface area contributed by atoms with Crippen LogP contribution in [0.4, 0.5) is 10.5 Å². The summed E-state index contributed by atoms with van der Waals surface area (Å²) in [7, 11) is 0. The van der Waals surface area contributed by atoms with Crippen molar-refractivity contribution in [3.05, 3.63) is 78.3 Å². The number of furan rings is 1. The Balaban J connectivity index is 0.953. The lowest BCUT2D eigenvalue weighted by Crippen LogP contribution is -2.42. The minimum atomic E-state index is -0.431. The average molecular weight is 644 g/mol. The Hall–Kier alpha value is -3.99. The van der Waals surface area contributed by atoms with Crippen LogP contribution in [0.15, 0.2) is 71.1 Å². The summed E-state index contributed by atoms with van der Waals surface area (Å²) in [6, 6.07) is 21.3. The second-order valence-corrected chi connectivity index (χ2v) is 12.4. The maximum atomic E-state index is 12.7. The largest absolute Gasteiger partial charge is 0.457 e. The Labute approximate surface area is 278 Å². The molecule has 2 aromatic carbocycles. The number of nitrogens with zero attached hydrogens (tertiary/aromatic N) is 3. The molecule has 3 heterocycles. The Kier molecular flexibility index (Phi) is 12.6. The molecule has 0 saturated carbocycles. The maximum Gasteiger partial charge on any atom is 0.411 e. The van der Waals surface area contributed by atoms with Crippen LogP contribution in [0, 0.1) is 5.92 Å². The molecule has 0 radical (unpaired) electrons. The third-order valence-electron chi connectivity index (χ3n) is 9.28. The molecule has 2 aliphatic rings. The van der Waals surface area contributed by atoms with Gasteiger partial charge in [0.25, 0.3) is 0 Å². The van der Waals surface area contributed by atoms with Gasteiger partial charge in [-0.05, 0) is 76.4 Å². The molecule has 3 aromatic rings. The van der Waals surface area contributed by atoms with Crippen molar-refractivity contribution in [2.24, 2.45) is 5.92 Å². The number of amides is 2. The molecule has 2 fully saturated rings. The fourth-order valence-electron chi connectivity index (χ4n) is 6.49. The van der Waals surface area contributed by atoms with E-state index in [1.807, 2.05) is 79.4 Å². The fourth-order valence-corrected chi connectivity index (χ4v) is 6.49. The first-order valence-corrected chi connectivity index (χ1v) is 17.1. The summed E-state index contributed by atoms with van der Waals surface area (Å²) in [6.07, 6.45) is 2.70. The lowest BCUT2D eigenvalue weighted by Gasteiger charge is -2.33. The smallest absolute Gasteiger partial charge is 0.411 e. The van der Waals surface area contributed by atoms with E-state index in [0.29, 0.717) is 18.8 Å². The molecule has 0 bridgehead atoms. The van der Waals surface area contributed by atoms with E-state index >= 15 is 0 Å². The normalized spacial score (nSPS) is 16.6. The molecule has 10 heteroatoms. The van der Waals surface area contributed by atoms with Crippen LogP contribution in [0.3, 0.4) is 0 Å². The van der Waals surface area contributed by atoms with Crippen LogP contribution < -0.4 is 10.6 Å². The highest BCUT2D eigenvalue weighted by molar-refractivity contribution is 5.95. The third-order valence-corrected chi connectivity index (χ3v) is 9.28. The van der Waals surface area contributed by atoms with Gasteiger partial charge in [-0.1, -0.05) is 48.5 Å². The monoisotopic (exact) mass is 643 g/mol. The summed E-state index contributed by atoms with van der Waals surface area (Å²) in [5, 5.41) is 6.18. The van der Waals surface area contributed by atoms with Gasteiger partial charge in [-0.25, -0.2) is 4.79 Å². The molecule has 2 saturated heterocycles. The number of hydrogen-bond acceptors (Lipinski definition) is 8. The van der Waals surface area contributed by atoms with E-state index < -0.39 is 6.09 Å². The van der Waals surface area contributed by atoms with Crippen LogP contribution in [0.2, 0.25) is 0 Å². The van der Waals surface area contributed by atoms with Gasteiger partial charge in [0, 0.05) is 50.7 Å². The number of nitrogens with one attached hydrogen (secondary N) is 2. The number of rotatable bonds is 14. The van der Waals surface area contributed by atoms with Crippen LogP contribution in [-0.2, 0) is 16.1 Å². The SMILES string of the molecule is CCN(CC)C(=O)C1CCN(Cc2ccc(C(=O)CNCCN3CCC(OC(=O)Nc4ccccc4-c4ccccc4)CC3)o2)CC1. The Morgan fingerprint density at radius 1 is 0.851 bits per heavy atom. The van der Waals surface area contributed by atoms with Gasteiger partial charge >= 0.3 is 6.09 Å². The number of hydrogen-bond donors (Lipinski definition) is 2. The number of carbonyl (C=O) groups is 3. The minimum absolute atomic E-state index is 0.0632. The maximum absolute atomic E-state index is 12.7. The number of Topliss-reactive ketones (excluding diaryl/α,β-unsaturated/α-hetero) is 1. The molecule has 5 rings (SSSR count). The van der Waals surface area contributed by atoms with Gasteiger partial charge in [-0.3, -0.25) is 19.8 Å². The number of para-hydroxylation sites is 1. The lowest BCUT2D eigenvalue weighted by atomic mass is 9.95. The van der Waals surface area contributed by atoms with Crippen molar-refractivity contribution in [1.29, 1.82) is 0 Å². The topological polar surface area (TPSA) is 107 Å². The van der Waals surface area contributed by atoms with Crippen LogP contribution >= 0.6 is 0 Å². The number of anilines is 1. The summed E-state index contributed by atoms with van der Waals surface area (Å²) in [4.78, 5) is 44.7. The molecule has 1 aromatic heterocycles. The zero-order valence-corrected chi connectivity index (χ0v) is 27.8. The van der Waals surface area contributed by atoms with Gasteiger partial charge in [0.05, 0.1) is 18.8 Å². The number of carbonyl (C=O) groups excluding carboxylic acids is 3. The molecular weight excluding hydrogens is 594 g/mol. The molecule has 10 nitrogen and oxygen atoms in total. The molecule has 2 N–H and O–H groups in total.